The summed E-state index contributed by atoms with van der Waals surface area (Å²) in [5.74, 6) is 4.77. The first-order chi connectivity index (χ1) is 17.0. The Morgan fingerprint density at radius 1 is 1.17 bits per heavy atom. The molecule has 0 aliphatic heterocycles. The van der Waals surface area contributed by atoms with E-state index in [1.165, 1.54) is 6.07 Å². The Bertz CT molecular complexity index is 1330. The molecule has 2 heterocycles. The number of rotatable bonds is 5. The number of aromatic nitrogens is 3. The van der Waals surface area contributed by atoms with Crippen molar-refractivity contribution < 1.29 is 14.7 Å². The van der Waals surface area contributed by atoms with Crippen LogP contribution in [0.25, 0.3) is 0 Å². The van der Waals surface area contributed by atoms with Crippen LogP contribution in [0, 0.1) is 17.3 Å². The van der Waals surface area contributed by atoms with Gasteiger partial charge in [-0.1, -0.05) is 40.3 Å². The molecular formula is C26H26Cl2N4O3S. The predicted molar refractivity (Wildman–Crippen MR) is 142 cm³/mol. The lowest BCUT2D eigenvalue weighted by atomic mass is 9.89. The minimum absolute atomic E-state index is 0.0741. The molecule has 3 aromatic rings. The summed E-state index contributed by atoms with van der Waals surface area (Å²) < 4.78 is 1.84. The molecule has 0 atom stereocenters. The van der Waals surface area contributed by atoms with Crippen LogP contribution in [0.15, 0.2) is 36.7 Å². The Labute approximate surface area is 224 Å². The maximum absolute atomic E-state index is 13.9. The highest BCUT2D eigenvalue weighted by molar-refractivity contribution is 7.15. The summed E-state index contributed by atoms with van der Waals surface area (Å²) in [6, 6.07) is 6.36. The lowest BCUT2D eigenvalue weighted by molar-refractivity contribution is 0.0702. The number of nitrogens with zero attached hydrogens (tertiary/aromatic N) is 4. The third-order valence-corrected chi connectivity index (χ3v) is 7.53. The van der Waals surface area contributed by atoms with Gasteiger partial charge in [-0.25, -0.2) is 9.48 Å². The lowest BCUT2D eigenvalue weighted by Crippen LogP contribution is -2.43. The number of amides is 1. The van der Waals surface area contributed by atoms with Gasteiger partial charge in [-0.15, -0.1) is 16.4 Å². The molecule has 4 rings (SSSR count). The average molecular weight is 545 g/mol. The molecule has 0 unspecified atom stereocenters. The van der Waals surface area contributed by atoms with Crippen molar-refractivity contribution in [2.24, 2.45) is 5.41 Å². The van der Waals surface area contributed by atoms with Crippen LogP contribution in [-0.4, -0.2) is 38.0 Å². The fourth-order valence-corrected chi connectivity index (χ4v) is 5.61. The van der Waals surface area contributed by atoms with E-state index in [1.807, 2.05) is 31.6 Å². The number of carboxylic acid groups (broad SMARTS) is 1. The molecule has 0 radical (unpaired) electrons. The van der Waals surface area contributed by atoms with Gasteiger partial charge in [0.15, 0.2) is 0 Å². The monoisotopic (exact) mass is 544 g/mol. The Morgan fingerprint density at radius 2 is 1.89 bits per heavy atom. The predicted octanol–water partition coefficient (Wildman–Crippen LogP) is 6.57. The van der Waals surface area contributed by atoms with Gasteiger partial charge < -0.3 is 10.0 Å². The molecule has 1 amide bonds. The van der Waals surface area contributed by atoms with Gasteiger partial charge in [0, 0.05) is 22.7 Å². The number of anilines is 1. The van der Waals surface area contributed by atoms with Crippen molar-refractivity contribution in [1.29, 1.82) is 0 Å². The van der Waals surface area contributed by atoms with Crippen LogP contribution in [-0.2, 0) is 0 Å². The van der Waals surface area contributed by atoms with Crippen molar-refractivity contribution in [3.8, 4) is 11.8 Å². The Morgan fingerprint density at radius 3 is 2.47 bits per heavy atom. The van der Waals surface area contributed by atoms with Gasteiger partial charge in [0.1, 0.15) is 4.88 Å². The van der Waals surface area contributed by atoms with Gasteiger partial charge >= 0.3 is 5.97 Å². The van der Waals surface area contributed by atoms with Crippen LogP contribution >= 0.6 is 34.5 Å². The number of aromatic carboxylic acids is 1. The first-order valence-electron chi connectivity index (χ1n) is 11.6. The van der Waals surface area contributed by atoms with Crippen molar-refractivity contribution in [2.75, 3.05) is 4.90 Å². The van der Waals surface area contributed by atoms with E-state index in [1.54, 1.807) is 29.3 Å². The minimum Gasteiger partial charge on any atom is -0.477 e. The van der Waals surface area contributed by atoms with Crippen LogP contribution < -0.4 is 4.90 Å². The largest absolute Gasteiger partial charge is 0.477 e. The molecule has 1 saturated carbocycles. The second-order valence-corrected chi connectivity index (χ2v) is 11.7. The van der Waals surface area contributed by atoms with E-state index in [-0.39, 0.29) is 38.9 Å². The number of hydrogen-bond acceptors (Lipinski definition) is 5. The molecule has 1 aliphatic rings. The highest BCUT2D eigenvalue weighted by atomic mass is 35.5. The van der Waals surface area contributed by atoms with Crippen LogP contribution in [0.1, 0.15) is 77.4 Å². The summed E-state index contributed by atoms with van der Waals surface area (Å²) in [6.45, 7) is 5.95. The topological polar surface area (TPSA) is 88.3 Å². The second kappa shape index (κ2) is 10.6. The van der Waals surface area contributed by atoms with E-state index in [0.29, 0.717) is 28.4 Å². The lowest BCUT2D eigenvalue weighted by Gasteiger charge is -2.37. The van der Waals surface area contributed by atoms with E-state index in [2.05, 4.69) is 22.2 Å². The third kappa shape index (κ3) is 5.92. The SMILES string of the molecule is CC(C)(C)C#Cc1cc(N(C(=O)c2ccc(Cl)cc2Cl)C2CCC(n3ccnn3)CC2)c(C(=O)O)s1. The molecule has 1 aliphatic carbocycles. The van der Waals surface area contributed by atoms with Crippen molar-refractivity contribution in [3.63, 3.8) is 0 Å². The molecule has 0 saturated heterocycles. The summed E-state index contributed by atoms with van der Waals surface area (Å²) in [5.41, 5.74) is 0.356. The van der Waals surface area contributed by atoms with Gasteiger partial charge in [-0.3, -0.25) is 4.79 Å². The number of carbonyl (C=O) groups is 2. The number of benzene rings is 1. The van der Waals surface area contributed by atoms with E-state index in [9.17, 15) is 14.7 Å². The van der Waals surface area contributed by atoms with E-state index in [0.717, 1.165) is 24.2 Å². The normalized spacial score (nSPS) is 17.8. The maximum Gasteiger partial charge on any atom is 0.348 e. The summed E-state index contributed by atoms with van der Waals surface area (Å²) >= 11 is 13.5. The second-order valence-electron chi connectivity index (χ2n) is 9.77. The summed E-state index contributed by atoms with van der Waals surface area (Å²) in [5, 5.41) is 18.7. The number of carboxylic acids is 1. The van der Waals surface area contributed by atoms with Crippen molar-refractivity contribution in [2.45, 2.75) is 58.5 Å². The van der Waals surface area contributed by atoms with Crippen molar-refractivity contribution in [3.05, 3.63) is 62.0 Å². The van der Waals surface area contributed by atoms with E-state index < -0.39 is 5.97 Å². The van der Waals surface area contributed by atoms with Crippen molar-refractivity contribution >= 4 is 52.1 Å². The van der Waals surface area contributed by atoms with Gasteiger partial charge in [0.05, 0.1) is 33.4 Å². The molecule has 1 N–H and O–H groups in total. The van der Waals surface area contributed by atoms with Crippen molar-refractivity contribution in [1.82, 2.24) is 15.0 Å². The standard InChI is InChI=1S/C26H26Cl2N4O3S/c1-26(2,3)11-10-19-15-22(23(36-19)25(34)35)32(24(33)20-9-4-16(27)14-21(20)28)18-7-5-17(6-8-18)31-13-12-29-30-31/h4,9,12-15,17-18H,5-8H2,1-3H3,(H,34,35). The number of thiophene rings is 1. The molecule has 2 aromatic heterocycles. The fourth-order valence-electron chi connectivity index (χ4n) is 4.28. The van der Waals surface area contributed by atoms with Gasteiger partial charge in [0.25, 0.3) is 5.91 Å². The van der Waals surface area contributed by atoms with Gasteiger partial charge in [0.2, 0.25) is 0 Å². The highest BCUT2D eigenvalue weighted by Gasteiger charge is 2.35. The highest BCUT2D eigenvalue weighted by Crippen LogP contribution is 2.39. The average Bonchev–Trinajstić information content (AvgIpc) is 3.49. The molecule has 0 bridgehead atoms. The fraction of sp³-hybridized carbons (Fsp3) is 0.385. The summed E-state index contributed by atoms with van der Waals surface area (Å²) in [4.78, 5) is 28.5. The van der Waals surface area contributed by atoms with Crippen LogP contribution in [0.3, 0.4) is 0 Å². The molecule has 10 heteroatoms. The quantitative estimate of drug-likeness (QED) is 0.366. The zero-order valence-electron chi connectivity index (χ0n) is 20.2. The van der Waals surface area contributed by atoms with Crippen LogP contribution in [0.2, 0.25) is 10.0 Å². The molecule has 1 fully saturated rings. The van der Waals surface area contributed by atoms with Gasteiger partial charge in [-0.2, -0.15) is 0 Å². The zero-order valence-corrected chi connectivity index (χ0v) is 22.5. The zero-order chi connectivity index (χ0) is 26.0. The molecule has 36 heavy (non-hydrogen) atoms. The minimum atomic E-state index is -1.10. The van der Waals surface area contributed by atoms with E-state index >= 15 is 0 Å². The molecular weight excluding hydrogens is 519 g/mol. The summed E-state index contributed by atoms with van der Waals surface area (Å²) in [7, 11) is 0. The molecule has 1 aromatic carbocycles. The molecule has 7 nitrogen and oxygen atoms in total. The third-order valence-electron chi connectivity index (χ3n) is 5.95. The molecule has 188 valence electrons. The Balaban J connectivity index is 1.75. The number of hydrogen-bond donors (Lipinski definition) is 1. The smallest absolute Gasteiger partial charge is 0.348 e. The Hall–Kier alpha value is -2.86. The van der Waals surface area contributed by atoms with Gasteiger partial charge in [-0.05, 0) is 70.7 Å². The van der Waals surface area contributed by atoms with E-state index in [4.69, 9.17) is 23.2 Å². The Kier molecular flexibility index (Phi) is 7.74. The summed E-state index contributed by atoms with van der Waals surface area (Å²) in [6.07, 6.45) is 6.36. The molecule has 0 spiro atoms. The number of halogens is 2. The maximum atomic E-state index is 13.9. The first-order valence-corrected chi connectivity index (χ1v) is 13.2. The van der Waals surface area contributed by atoms with Crippen LogP contribution in [0.5, 0.6) is 0 Å². The first kappa shape index (κ1) is 26.2. The van der Waals surface area contributed by atoms with Crippen LogP contribution in [0.4, 0.5) is 5.69 Å². The number of carbonyl (C=O) groups excluding carboxylic acids is 1.